The quantitative estimate of drug-likeness (QED) is 0.882. The van der Waals surface area contributed by atoms with Gasteiger partial charge in [-0.25, -0.2) is 0 Å². The van der Waals surface area contributed by atoms with Gasteiger partial charge in [0.15, 0.2) is 5.78 Å². The fourth-order valence-corrected chi connectivity index (χ4v) is 2.38. The van der Waals surface area contributed by atoms with Gasteiger partial charge in [-0.1, -0.05) is 24.3 Å². The summed E-state index contributed by atoms with van der Waals surface area (Å²) >= 11 is 0. The second-order valence-corrected chi connectivity index (χ2v) is 5.67. The second kappa shape index (κ2) is 6.41. The molecule has 1 heterocycles. The highest BCUT2D eigenvalue weighted by Crippen LogP contribution is 2.23. The normalized spacial score (nSPS) is 21.1. The first-order valence-corrected chi connectivity index (χ1v) is 6.55. The van der Waals surface area contributed by atoms with E-state index in [0.29, 0.717) is 19.4 Å². The van der Waals surface area contributed by atoms with Crippen molar-refractivity contribution in [1.82, 2.24) is 5.32 Å². The summed E-state index contributed by atoms with van der Waals surface area (Å²) in [6.45, 7) is 3.98. The van der Waals surface area contributed by atoms with Gasteiger partial charge in [-0.15, -0.1) is 0 Å². The van der Waals surface area contributed by atoms with Gasteiger partial charge in [0.05, 0.1) is 5.54 Å². The van der Waals surface area contributed by atoms with Crippen molar-refractivity contribution in [3.05, 3.63) is 35.4 Å². The number of amides is 1. The Labute approximate surface area is 126 Å². The van der Waals surface area contributed by atoms with Crippen LogP contribution in [0, 0.1) is 5.92 Å². The molecule has 1 aliphatic heterocycles. The van der Waals surface area contributed by atoms with Crippen LogP contribution in [0.15, 0.2) is 24.3 Å². The Kier molecular flexibility index (Phi) is 5.36. The summed E-state index contributed by atoms with van der Waals surface area (Å²) in [5, 5.41) is 2.79. The number of hydrogen-bond acceptors (Lipinski definition) is 3. The van der Waals surface area contributed by atoms with E-state index in [-0.39, 0.29) is 31.1 Å². The third kappa shape index (κ3) is 3.61. The van der Waals surface area contributed by atoms with Crippen LogP contribution in [0.2, 0.25) is 0 Å². The zero-order valence-corrected chi connectivity index (χ0v) is 12.9. The van der Waals surface area contributed by atoms with E-state index in [2.05, 4.69) is 5.32 Å². The minimum absolute atomic E-state index is 0. The summed E-state index contributed by atoms with van der Waals surface area (Å²) in [5.41, 5.74) is 6.97. The molecule has 1 aromatic carbocycles. The number of rotatable bonds is 3. The Hall–Kier alpha value is -1.33. The van der Waals surface area contributed by atoms with Gasteiger partial charge in [0.2, 0.25) is 5.91 Å². The van der Waals surface area contributed by atoms with E-state index in [4.69, 9.17) is 5.73 Å². The summed E-state index contributed by atoms with van der Waals surface area (Å²) in [7, 11) is 0. The standard InChI is InChI=1S/C15H20N2O2.H2S/c1-15(2)13(18)8-12(14(19)17-15)7-10-4-3-5-11(6-10)9-16;/h3-6,12H,7-9,16H2,1-2H3,(H,17,19);1H2/t12-;/m1./s1. The van der Waals surface area contributed by atoms with Crippen LogP contribution >= 0.6 is 13.5 Å². The number of hydrogen-bond donors (Lipinski definition) is 2. The van der Waals surface area contributed by atoms with Crippen molar-refractivity contribution in [2.45, 2.75) is 38.8 Å². The van der Waals surface area contributed by atoms with Crippen molar-refractivity contribution < 1.29 is 9.59 Å². The zero-order chi connectivity index (χ0) is 14.0. The first-order chi connectivity index (χ1) is 8.92. The Morgan fingerprint density at radius 1 is 1.30 bits per heavy atom. The molecule has 1 aromatic rings. The molecule has 0 spiro atoms. The van der Waals surface area contributed by atoms with Crippen LogP contribution in [0.1, 0.15) is 31.4 Å². The molecule has 0 aliphatic carbocycles. The molecule has 0 saturated carbocycles. The average molecular weight is 294 g/mol. The Balaban J connectivity index is 0.00000200. The molecular weight excluding hydrogens is 272 g/mol. The van der Waals surface area contributed by atoms with Crippen molar-refractivity contribution in [3.63, 3.8) is 0 Å². The fraction of sp³-hybridized carbons (Fsp3) is 0.467. The van der Waals surface area contributed by atoms with Crippen LogP contribution in [-0.2, 0) is 22.6 Å². The number of ketones is 1. The van der Waals surface area contributed by atoms with Gasteiger partial charge in [0, 0.05) is 18.9 Å². The molecule has 20 heavy (non-hydrogen) atoms. The second-order valence-electron chi connectivity index (χ2n) is 5.67. The molecule has 2 rings (SSSR count). The topological polar surface area (TPSA) is 72.2 Å². The predicted molar refractivity (Wildman–Crippen MR) is 83.8 cm³/mol. The molecule has 1 fully saturated rings. The molecule has 1 amide bonds. The summed E-state index contributed by atoms with van der Waals surface area (Å²) in [4.78, 5) is 24.0. The van der Waals surface area contributed by atoms with E-state index in [9.17, 15) is 9.59 Å². The molecule has 3 N–H and O–H groups in total. The molecule has 1 saturated heterocycles. The smallest absolute Gasteiger partial charge is 0.224 e. The fourth-order valence-electron chi connectivity index (χ4n) is 2.38. The number of carbonyl (C=O) groups excluding carboxylic acids is 2. The molecule has 1 aliphatic rings. The van der Waals surface area contributed by atoms with Gasteiger partial charge in [0.1, 0.15) is 0 Å². The van der Waals surface area contributed by atoms with Crippen LogP contribution in [0.25, 0.3) is 0 Å². The number of piperidine rings is 1. The largest absolute Gasteiger partial charge is 0.344 e. The monoisotopic (exact) mass is 294 g/mol. The van der Waals surface area contributed by atoms with Gasteiger partial charge in [0.25, 0.3) is 0 Å². The van der Waals surface area contributed by atoms with Gasteiger partial charge < -0.3 is 11.1 Å². The molecule has 0 unspecified atom stereocenters. The lowest BCUT2D eigenvalue weighted by Gasteiger charge is -2.33. The van der Waals surface area contributed by atoms with Gasteiger partial charge in [-0.3, -0.25) is 9.59 Å². The lowest BCUT2D eigenvalue weighted by atomic mass is 9.82. The van der Waals surface area contributed by atoms with Gasteiger partial charge in [-0.05, 0) is 31.4 Å². The molecule has 5 heteroatoms. The molecule has 1 atom stereocenters. The van der Waals surface area contributed by atoms with E-state index in [1.54, 1.807) is 13.8 Å². The van der Waals surface area contributed by atoms with E-state index in [1.165, 1.54) is 0 Å². The highest BCUT2D eigenvalue weighted by atomic mass is 32.1. The van der Waals surface area contributed by atoms with E-state index < -0.39 is 5.54 Å². The maximum atomic E-state index is 12.0. The Bertz CT molecular complexity index is 514. The molecule has 110 valence electrons. The molecule has 0 bridgehead atoms. The maximum absolute atomic E-state index is 12.0. The van der Waals surface area contributed by atoms with Crippen molar-refractivity contribution >= 4 is 25.2 Å². The lowest BCUT2D eigenvalue weighted by Crippen LogP contribution is -2.57. The van der Waals surface area contributed by atoms with Crippen LogP contribution in [-0.4, -0.2) is 17.2 Å². The van der Waals surface area contributed by atoms with Crippen molar-refractivity contribution in [3.8, 4) is 0 Å². The average Bonchev–Trinajstić information content (AvgIpc) is 2.36. The van der Waals surface area contributed by atoms with Crippen LogP contribution in [0.5, 0.6) is 0 Å². The predicted octanol–water partition coefficient (Wildman–Crippen LogP) is 1.28. The first-order valence-electron chi connectivity index (χ1n) is 6.55. The SMILES string of the molecule is CC1(C)NC(=O)[C@H](Cc2cccc(CN)c2)CC1=O.S. The summed E-state index contributed by atoms with van der Waals surface area (Å²) in [6, 6.07) is 7.86. The number of Topliss-reactive ketones (excluding diaryl/α,β-unsaturated/α-hetero) is 1. The van der Waals surface area contributed by atoms with E-state index in [0.717, 1.165) is 11.1 Å². The third-order valence-corrected chi connectivity index (χ3v) is 3.64. The lowest BCUT2D eigenvalue weighted by molar-refractivity contribution is -0.140. The van der Waals surface area contributed by atoms with Crippen LogP contribution in [0.3, 0.4) is 0 Å². The van der Waals surface area contributed by atoms with Crippen molar-refractivity contribution in [1.29, 1.82) is 0 Å². The first kappa shape index (κ1) is 16.7. The number of carbonyl (C=O) groups is 2. The zero-order valence-electron chi connectivity index (χ0n) is 11.9. The summed E-state index contributed by atoms with van der Waals surface area (Å²) < 4.78 is 0. The molecule has 0 radical (unpaired) electrons. The van der Waals surface area contributed by atoms with Crippen LogP contribution in [0.4, 0.5) is 0 Å². The highest BCUT2D eigenvalue weighted by Gasteiger charge is 2.39. The third-order valence-electron chi connectivity index (χ3n) is 3.64. The molecular formula is C15H22N2O2S. The van der Waals surface area contributed by atoms with Gasteiger partial charge in [-0.2, -0.15) is 13.5 Å². The van der Waals surface area contributed by atoms with Gasteiger partial charge >= 0.3 is 0 Å². The maximum Gasteiger partial charge on any atom is 0.224 e. The minimum Gasteiger partial charge on any atom is -0.344 e. The molecule has 4 nitrogen and oxygen atoms in total. The number of nitrogens with one attached hydrogen (secondary N) is 1. The van der Waals surface area contributed by atoms with E-state index in [1.807, 2.05) is 24.3 Å². The van der Waals surface area contributed by atoms with Crippen molar-refractivity contribution in [2.75, 3.05) is 0 Å². The number of nitrogens with two attached hydrogens (primary N) is 1. The van der Waals surface area contributed by atoms with E-state index >= 15 is 0 Å². The molecule has 0 aromatic heterocycles. The summed E-state index contributed by atoms with van der Waals surface area (Å²) in [6.07, 6.45) is 0.896. The van der Waals surface area contributed by atoms with Crippen LogP contribution < -0.4 is 11.1 Å². The number of benzene rings is 1. The minimum atomic E-state index is -0.729. The Morgan fingerprint density at radius 2 is 1.95 bits per heavy atom. The summed E-state index contributed by atoms with van der Waals surface area (Å²) in [5.74, 6) is -0.219. The van der Waals surface area contributed by atoms with Crippen molar-refractivity contribution in [2.24, 2.45) is 11.7 Å². The Morgan fingerprint density at radius 3 is 2.60 bits per heavy atom. The highest BCUT2D eigenvalue weighted by molar-refractivity contribution is 7.59.